The number of hydrogen-bond acceptors (Lipinski definition) is 5. The minimum atomic E-state index is -4.62. The van der Waals surface area contributed by atoms with Crippen LogP contribution >= 0.6 is 0 Å². The molecule has 2 aromatic rings. The van der Waals surface area contributed by atoms with Crippen LogP contribution in [0.1, 0.15) is 72.5 Å². The third-order valence-corrected chi connectivity index (χ3v) is 7.17. The van der Waals surface area contributed by atoms with Crippen LogP contribution in [0, 0.1) is 11.3 Å². The van der Waals surface area contributed by atoms with Gasteiger partial charge < -0.3 is 19.1 Å². The second-order valence-corrected chi connectivity index (χ2v) is 10.3. The van der Waals surface area contributed by atoms with Crippen molar-refractivity contribution in [2.24, 2.45) is 0 Å². The summed E-state index contributed by atoms with van der Waals surface area (Å²) < 4.78 is 55.7. The van der Waals surface area contributed by atoms with E-state index in [-0.39, 0.29) is 34.1 Å². The number of hydrogen-bond donors (Lipinski definition) is 0. The first kappa shape index (κ1) is 26.8. The highest BCUT2D eigenvalue weighted by atomic mass is 19.4. The molecule has 2 heterocycles. The van der Waals surface area contributed by atoms with Gasteiger partial charge in [-0.3, -0.25) is 4.79 Å². The summed E-state index contributed by atoms with van der Waals surface area (Å²) in [4.78, 5) is 14.9. The second kappa shape index (κ2) is 10.3. The van der Waals surface area contributed by atoms with E-state index in [2.05, 4.69) is 38.1 Å². The number of rotatable bonds is 6. The molecule has 0 N–H and O–H groups in total. The smallest absolute Gasteiger partial charge is 0.425 e. The molecule has 198 valence electrons. The number of nitriles is 1. The van der Waals surface area contributed by atoms with Crippen LogP contribution in [0.5, 0.6) is 11.5 Å². The molecule has 2 fully saturated rings. The summed E-state index contributed by atoms with van der Waals surface area (Å²) in [5, 5.41) is 9.42. The molecule has 2 saturated heterocycles. The number of methoxy groups -OCH3 is 1. The summed E-state index contributed by atoms with van der Waals surface area (Å²) in [5.41, 5.74) is 2.10. The highest BCUT2D eigenvalue weighted by molar-refractivity contribution is 6.01. The first-order chi connectivity index (χ1) is 17.4. The van der Waals surface area contributed by atoms with Crippen molar-refractivity contribution in [2.75, 3.05) is 26.8 Å². The van der Waals surface area contributed by atoms with E-state index in [4.69, 9.17) is 14.2 Å². The first-order valence-electron chi connectivity index (χ1n) is 12.3. The maximum absolute atomic E-state index is 13.4. The van der Waals surface area contributed by atoms with E-state index in [1.54, 1.807) is 0 Å². The van der Waals surface area contributed by atoms with Gasteiger partial charge in [0, 0.05) is 25.6 Å². The molecule has 0 spiro atoms. The number of ether oxygens (including phenoxy) is 3. The molecule has 2 aromatic carbocycles. The van der Waals surface area contributed by atoms with Crippen molar-refractivity contribution in [1.29, 1.82) is 5.26 Å². The lowest BCUT2D eigenvalue weighted by Crippen LogP contribution is -2.48. The van der Waals surface area contributed by atoms with Crippen LogP contribution in [-0.4, -0.2) is 55.5 Å². The zero-order chi connectivity index (χ0) is 27.0. The molecule has 6 nitrogen and oxygen atoms in total. The van der Waals surface area contributed by atoms with Gasteiger partial charge in [0.25, 0.3) is 5.91 Å². The van der Waals surface area contributed by atoms with Crippen molar-refractivity contribution in [3.63, 3.8) is 0 Å². The van der Waals surface area contributed by atoms with Crippen LogP contribution in [-0.2, 0) is 4.74 Å². The van der Waals surface area contributed by atoms with E-state index >= 15 is 0 Å². The summed E-state index contributed by atoms with van der Waals surface area (Å²) >= 11 is 0. The van der Waals surface area contributed by atoms with Crippen molar-refractivity contribution < 1.29 is 32.2 Å². The minimum Gasteiger partial charge on any atom is -0.494 e. The van der Waals surface area contributed by atoms with Gasteiger partial charge in [-0.15, -0.1) is 0 Å². The number of amides is 1. The summed E-state index contributed by atoms with van der Waals surface area (Å²) in [6.45, 7) is 6.62. The van der Waals surface area contributed by atoms with Crippen molar-refractivity contribution in [3.05, 3.63) is 58.7 Å². The highest BCUT2D eigenvalue weighted by Gasteiger charge is 2.41. The molecular formula is C28H31F3N2O4. The van der Waals surface area contributed by atoms with Gasteiger partial charge in [-0.2, -0.15) is 18.4 Å². The molecule has 4 rings (SSSR count). The number of likely N-dealkylation sites (tertiary alicyclic amines) is 1. The molecular weight excluding hydrogens is 485 g/mol. The van der Waals surface area contributed by atoms with E-state index in [0.29, 0.717) is 19.0 Å². The maximum Gasteiger partial charge on any atom is 0.425 e. The Morgan fingerprint density at radius 3 is 2.30 bits per heavy atom. The summed E-state index contributed by atoms with van der Waals surface area (Å²) in [5.74, 6) is -0.345. The average Bonchev–Trinajstić information content (AvgIpc) is 2.81. The van der Waals surface area contributed by atoms with Crippen LogP contribution in [0.4, 0.5) is 13.2 Å². The lowest BCUT2D eigenvalue weighted by Gasteiger charge is -2.40. The third-order valence-electron chi connectivity index (χ3n) is 7.17. The minimum absolute atomic E-state index is 0.0433. The molecule has 0 aliphatic carbocycles. The molecule has 1 unspecified atom stereocenters. The largest absolute Gasteiger partial charge is 0.494 e. The number of nitrogens with zero attached hydrogens (tertiary/aromatic N) is 2. The molecule has 1 amide bonds. The lowest BCUT2D eigenvalue weighted by molar-refractivity contribution is -0.189. The van der Waals surface area contributed by atoms with Gasteiger partial charge in [0.05, 0.1) is 18.3 Å². The molecule has 2 aliphatic rings. The fraction of sp³-hybridized carbons (Fsp3) is 0.500. The van der Waals surface area contributed by atoms with Gasteiger partial charge in [0.1, 0.15) is 17.4 Å². The lowest BCUT2D eigenvalue weighted by atomic mass is 9.82. The Morgan fingerprint density at radius 2 is 1.76 bits per heavy atom. The Balaban J connectivity index is 1.49. The molecule has 0 bridgehead atoms. The Labute approximate surface area is 214 Å². The third kappa shape index (κ3) is 5.69. The van der Waals surface area contributed by atoms with Crippen LogP contribution < -0.4 is 9.47 Å². The normalized spacial score (nSPS) is 20.5. The van der Waals surface area contributed by atoms with E-state index in [1.807, 2.05) is 6.07 Å². The quantitative estimate of drug-likeness (QED) is 0.485. The van der Waals surface area contributed by atoms with E-state index < -0.39 is 18.2 Å². The van der Waals surface area contributed by atoms with Gasteiger partial charge in [0.2, 0.25) is 0 Å². The second-order valence-electron chi connectivity index (χ2n) is 10.3. The average molecular weight is 517 g/mol. The number of carbonyl (C=O) groups excluding carboxylic acids is 1. The van der Waals surface area contributed by atoms with Gasteiger partial charge in [0.15, 0.2) is 11.9 Å². The van der Waals surface area contributed by atoms with Crippen molar-refractivity contribution in [3.8, 4) is 17.6 Å². The van der Waals surface area contributed by atoms with E-state index in [0.717, 1.165) is 31.9 Å². The molecule has 0 radical (unpaired) electrons. The first-order valence-corrected chi connectivity index (χ1v) is 12.3. The monoisotopic (exact) mass is 516 g/mol. The van der Waals surface area contributed by atoms with E-state index in [1.165, 1.54) is 29.7 Å². The summed E-state index contributed by atoms with van der Waals surface area (Å²) in [7, 11) is 1.27. The predicted molar refractivity (Wildman–Crippen MR) is 131 cm³/mol. The molecule has 37 heavy (non-hydrogen) atoms. The van der Waals surface area contributed by atoms with Crippen LogP contribution in [0.2, 0.25) is 0 Å². The maximum atomic E-state index is 13.4. The zero-order valence-electron chi connectivity index (χ0n) is 21.4. The topological polar surface area (TPSA) is 71.8 Å². The molecule has 2 atom stereocenters. The number of halogens is 3. The summed E-state index contributed by atoms with van der Waals surface area (Å²) in [6.07, 6.45) is -4.81. The van der Waals surface area contributed by atoms with E-state index in [9.17, 15) is 23.2 Å². The van der Waals surface area contributed by atoms with Gasteiger partial charge in [-0.25, -0.2) is 0 Å². The fourth-order valence-electron chi connectivity index (χ4n) is 4.99. The van der Waals surface area contributed by atoms with Crippen molar-refractivity contribution in [2.45, 2.75) is 63.3 Å². The van der Waals surface area contributed by atoms with Crippen LogP contribution in [0.25, 0.3) is 0 Å². The van der Waals surface area contributed by atoms with Gasteiger partial charge >= 0.3 is 6.18 Å². The van der Waals surface area contributed by atoms with Crippen molar-refractivity contribution >= 4 is 5.91 Å². The fourth-order valence-corrected chi connectivity index (χ4v) is 4.99. The Morgan fingerprint density at radius 1 is 1.14 bits per heavy atom. The Hall–Kier alpha value is -3.25. The number of alkyl halides is 3. The van der Waals surface area contributed by atoms with Gasteiger partial charge in [-0.05, 0) is 62.8 Å². The molecule has 0 aromatic heterocycles. The molecule has 2 aliphatic heterocycles. The Kier molecular flexibility index (Phi) is 7.43. The van der Waals surface area contributed by atoms with Crippen LogP contribution in [0.15, 0.2) is 36.4 Å². The standard InChI is InChI=1S/C28H31F3N2O4/c1-17(28(29,30)31)37-23-10-9-21(14-32)25(35-4)24(23)26(34)33-15-22(16-33)19-7-5-18(6-8-19)20-11-12-36-27(2,3)13-20/h5-10,17,20,22H,11-13,15-16H2,1-4H3/t17-,20?/m0/s1. The van der Waals surface area contributed by atoms with Gasteiger partial charge in [-0.1, -0.05) is 24.3 Å². The van der Waals surface area contributed by atoms with Crippen LogP contribution in [0.3, 0.4) is 0 Å². The SMILES string of the molecule is COc1c(C#N)ccc(O[C@@H](C)C(F)(F)F)c1C(=O)N1CC(c2ccc(C3CCOC(C)(C)C3)cc2)C1. The predicted octanol–water partition coefficient (Wildman–Crippen LogP) is 5.81. The number of benzene rings is 2. The Bertz CT molecular complexity index is 1180. The number of carbonyl (C=O) groups is 1. The molecule has 0 saturated carbocycles. The van der Waals surface area contributed by atoms with Crippen molar-refractivity contribution in [1.82, 2.24) is 4.90 Å². The highest BCUT2D eigenvalue weighted by Crippen LogP contribution is 2.39. The summed E-state index contributed by atoms with van der Waals surface area (Å²) in [6, 6.07) is 12.9. The molecule has 9 heteroatoms. The zero-order valence-corrected chi connectivity index (χ0v) is 21.4.